The number of fused-ring (bicyclic) bond motifs is 1. The predicted molar refractivity (Wildman–Crippen MR) is 147 cm³/mol. The van der Waals surface area contributed by atoms with Gasteiger partial charge in [-0.1, -0.05) is 33.5 Å². The predicted octanol–water partition coefficient (Wildman–Crippen LogP) is 6.88. The summed E-state index contributed by atoms with van der Waals surface area (Å²) < 4.78 is 67.1. The van der Waals surface area contributed by atoms with E-state index in [4.69, 9.17) is 9.47 Å². The number of anilines is 1. The van der Waals surface area contributed by atoms with Crippen LogP contribution in [0.2, 0.25) is 25.7 Å². The smallest absolute Gasteiger partial charge is 0.418 e. The maximum absolute atomic E-state index is 14.2. The molecular formula is C28H36F4N2O4Si. The molecule has 0 bridgehead atoms. The Morgan fingerprint density at radius 1 is 1.08 bits per heavy atom. The van der Waals surface area contributed by atoms with Crippen LogP contribution in [0.25, 0.3) is 10.9 Å². The van der Waals surface area contributed by atoms with Crippen LogP contribution in [0, 0.1) is 5.82 Å². The highest BCUT2D eigenvalue weighted by atomic mass is 28.3. The van der Waals surface area contributed by atoms with Gasteiger partial charge in [0.1, 0.15) is 17.4 Å². The fourth-order valence-corrected chi connectivity index (χ4v) is 5.14. The lowest BCUT2D eigenvalue weighted by molar-refractivity contribution is -0.260. The lowest BCUT2D eigenvalue weighted by atomic mass is 9.74. The van der Waals surface area contributed by atoms with Crippen LogP contribution < -0.4 is 10.1 Å². The zero-order chi connectivity index (χ0) is 29.2. The Labute approximate surface area is 226 Å². The number of esters is 1. The van der Waals surface area contributed by atoms with Crippen molar-refractivity contribution in [2.75, 3.05) is 25.6 Å². The third kappa shape index (κ3) is 7.54. The molecule has 0 spiro atoms. The van der Waals surface area contributed by atoms with Gasteiger partial charge in [0.2, 0.25) is 0 Å². The van der Waals surface area contributed by atoms with Gasteiger partial charge in [-0.05, 0) is 60.3 Å². The van der Waals surface area contributed by atoms with Crippen LogP contribution in [-0.4, -0.2) is 56.2 Å². The first-order chi connectivity index (χ1) is 17.9. The number of H-pyrrole nitrogens is 1. The number of hydrogen-bond acceptors (Lipinski definition) is 5. The van der Waals surface area contributed by atoms with E-state index in [1.807, 2.05) is 0 Å². The molecule has 6 nitrogen and oxygen atoms in total. The molecule has 1 heterocycles. The van der Waals surface area contributed by atoms with E-state index in [1.165, 1.54) is 27.0 Å². The van der Waals surface area contributed by atoms with Crippen molar-refractivity contribution >= 4 is 30.8 Å². The Morgan fingerprint density at radius 3 is 2.38 bits per heavy atom. The van der Waals surface area contributed by atoms with E-state index in [1.54, 1.807) is 24.3 Å². The number of alkyl halides is 3. The van der Waals surface area contributed by atoms with Crippen molar-refractivity contribution in [3.8, 4) is 5.75 Å². The molecule has 11 heteroatoms. The largest absolute Gasteiger partial charge is 0.496 e. The van der Waals surface area contributed by atoms with Gasteiger partial charge in [-0.3, -0.25) is 0 Å². The first-order valence-corrected chi connectivity index (χ1v) is 16.3. The molecule has 0 aliphatic rings. The number of benzene rings is 2. The van der Waals surface area contributed by atoms with Crippen molar-refractivity contribution in [1.82, 2.24) is 4.98 Å². The molecule has 0 saturated carbocycles. The molecule has 2 aromatic carbocycles. The number of hydrogen-bond donors (Lipinski definition) is 3. The van der Waals surface area contributed by atoms with Gasteiger partial charge in [0.05, 0.1) is 25.8 Å². The van der Waals surface area contributed by atoms with Crippen molar-refractivity contribution < 1.29 is 36.9 Å². The minimum absolute atomic E-state index is 0.211. The summed E-state index contributed by atoms with van der Waals surface area (Å²) in [6.45, 7) is 9.00. The van der Waals surface area contributed by atoms with Gasteiger partial charge < -0.3 is 24.9 Å². The highest BCUT2D eigenvalue weighted by Gasteiger charge is 2.56. The van der Waals surface area contributed by atoms with Crippen molar-refractivity contribution in [3.63, 3.8) is 0 Å². The Kier molecular flexibility index (Phi) is 8.76. The Hall–Kier alpha value is -3.05. The van der Waals surface area contributed by atoms with Gasteiger partial charge in [0.25, 0.3) is 0 Å². The van der Waals surface area contributed by atoms with Crippen LogP contribution in [0.1, 0.15) is 36.2 Å². The molecule has 3 aromatic rings. The van der Waals surface area contributed by atoms with Gasteiger partial charge in [0, 0.05) is 24.5 Å². The number of ether oxygens (including phenoxy) is 2. The summed E-state index contributed by atoms with van der Waals surface area (Å²) in [6, 6.07) is 10.8. The number of aromatic nitrogens is 1. The van der Waals surface area contributed by atoms with E-state index >= 15 is 0 Å². The third-order valence-corrected chi connectivity index (χ3v) is 8.37. The van der Waals surface area contributed by atoms with Gasteiger partial charge in [0.15, 0.2) is 5.60 Å². The van der Waals surface area contributed by atoms with Crippen LogP contribution in [0.3, 0.4) is 0 Å². The lowest BCUT2D eigenvalue weighted by Crippen LogP contribution is -2.53. The summed E-state index contributed by atoms with van der Waals surface area (Å²) in [5, 5.41) is 14.1. The number of carbonyl (C=O) groups excluding carboxylic acids is 1. The normalized spacial score (nSPS) is 14.2. The molecule has 0 aliphatic heterocycles. The van der Waals surface area contributed by atoms with Gasteiger partial charge >= 0.3 is 12.1 Å². The fourth-order valence-electron chi connectivity index (χ4n) is 4.43. The summed E-state index contributed by atoms with van der Waals surface area (Å²) >= 11 is 0. The standard InChI is InChI=1S/C28H36F4N2O4Si/c1-26(2,21-15-20(29)8-10-23(21)37-3)16-27(36,28(30,31)32)17-33-24-14-19-13-18(7-9-22(19)34-24)25(35)38-11-12-39(4,5)6/h7-10,13-15,33-34,36H,11-12,16-17H2,1-6H3. The van der Waals surface area contributed by atoms with E-state index in [0.29, 0.717) is 23.1 Å². The highest BCUT2D eigenvalue weighted by molar-refractivity contribution is 6.76. The second-order valence-electron chi connectivity index (χ2n) is 11.7. The van der Waals surface area contributed by atoms with Gasteiger partial charge in [-0.25, -0.2) is 9.18 Å². The maximum atomic E-state index is 14.2. The first-order valence-electron chi connectivity index (χ1n) is 12.6. The SMILES string of the molecule is COc1ccc(F)cc1C(C)(C)CC(O)(CNc1cc2cc(C(=O)OCC[Si](C)(C)C)ccc2[nH]1)C(F)(F)F. The molecule has 3 N–H and O–H groups in total. The summed E-state index contributed by atoms with van der Waals surface area (Å²) in [6.07, 6.45) is -5.75. The molecular weight excluding hydrogens is 532 g/mol. The number of carbonyl (C=O) groups is 1. The van der Waals surface area contributed by atoms with Crippen molar-refractivity contribution in [3.05, 3.63) is 59.4 Å². The maximum Gasteiger partial charge on any atom is 0.418 e. The molecule has 0 fully saturated rings. The number of rotatable bonds is 11. The number of aliphatic hydroxyl groups is 1. The molecule has 0 amide bonds. The van der Waals surface area contributed by atoms with E-state index in [9.17, 15) is 27.5 Å². The zero-order valence-corrected chi connectivity index (χ0v) is 24.1. The van der Waals surface area contributed by atoms with Crippen molar-refractivity contribution in [1.29, 1.82) is 0 Å². The van der Waals surface area contributed by atoms with Gasteiger partial charge in [-0.2, -0.15) is 13.2 Å². The van der Waals surface area contributed by atoms with Crippen LogP contribution in [-0.2, 0) is 10.2 Å². The monoisotopic (exact) mass is 568 g/mol. The van der Waals surface area contributed by atoms with Crippen LogP contribution in [0.15, 0.2) is 42.5 Å². The molecule has 3 rings (SSSR count). The average Bonchev–Trinajstić information content (AvgIpc) is 3.23. The number of nitrogens with one attached hydrogen (secondary N) is 2. The van der Waals surface area contributed by atoms with Crippen LogP contribution >= 0.6 is 0 Å². The second kappa shape index (κ2) is 11.2. The third-order valence-electron chi connectivity index (χ3n) is 6.67. The molecule has 1 atom stereocenters. The Morgan fingerprint density at radius 2 is 1.77 bits per heavy atom. The molecule has 1 unspecified atom stereocenters. The number of methoxy groups -OCH3 is 1. The summed E-state index contributed by atoms with van der Waals surface area (Å²) in [4.78, 5) is 15.4. The topological polar surface area (TPSA) is 83.6 Å². The van der Waals surface area contributed by atoms with E-state index < -0.39 is 50.0 Å². The molecule has 1 aromatic heterocycles. The summed E-state index contributed by atoms with van der Waals surface area (Å²) in [5.74, 6) is -0.625. The quantitative estimate of drug-likeness (QED) is 0.133. The summed E-state index contributed by atoms with van der Waals surface area (Å²) in [7, 11) is -0.0135. The highest BCUT2D eigenvalue weighted by Crippen LogP contribution is 2.43. The Bertz CT molecular complexity index is 1320. The number of aromatic amines is 1. The molecule has 0 radical (unpaired) electrons. The molecule has 214 valence electrons. The first kappa shape index (κ1) is 30.5. The van der Waals surface area contributed by atoms with Crippen molar-refractivity contribution in [2.24, 2.45) is 0 Å². The molecule has 0 aliphatic carbocycles. The van der Waals surface area contributed by atoms with E-state index in [0.717, 1.165) is 18.2 Å². The summed E-state index contributed by atoms with van der Waals surface area (Å²) in [5.41, 5.74) is -3.32. The average molecular weight is 569 g/mol. The zero-order valence-electron chi connectivity index (χ0n) is 23.1. The molecule has 39 heavy (non-hydrogen) atoms. The van der Waals surface area contributed by atoms with Crippen molar-refractivity contribution in [2.45, 2.75) is 63.1 Å². The fraction of sp³-hybridized carbons (Fsp3) is 0.464. The minimum atomic E-state index is -4.99. The van der Waals surface area contributed by atoms with E-state index in [-0.39, 0.29) is 17.1 Å². The molecule has 0 saturated heterocycles. The Balaban J connectivity index is 1.78. The lowest BCUT2D eigenvalue weighted by Gasteiger charge is -2.38. The second-order valence-corrected chi connectivity index (χ2v) is 17.3. The van der Waals surface area contributed by atoms with Crippen LogP contribution in [0.4, 0.5) is 23.4 Å². The van der Waals surface area contributed by atoms with Crippen LogP contribution in [0.5, 0.6) is 5.75 Å². The number of halogens is 4. The minimum Gasteiger partial charge on any atom is -0.496 e. The van der Waals surface area contributed by atoms with Gasteiger partial charge in [-0.15, -0.1) is 0 Å². The van der Waals surface area contributed by atoms with E-state index in [2.05, 4.69) is 29.9 Å².